The fourth-order valence-electron chi connectivity index (χ4n) is 1.15. The molecule has 0 aliphatic heterocycles. The van der Waals surface area contributed by atoms with Crippen LogP contribution in [0, 0.1) is 0 Å². The van der Waals surface area contributed by atoms with Crippen LogP contribution >= 0.6 is 45.9 Å². The fourth-order valence-corrected chi connectivity index (χ4v) is 4.76. The first-order chi connectivity index (χ1) is 8.90. The van der Waals surface area contributed by atoms with Gasteiger partial charge in [0.1, 0.15) is 9.23 Å². The van der Waals surface area contributed by atoms with Crippen molar-refractivity contribution in [2.75, 3.05) is 0 Å². The zero-order chi connectivity index (χ0) is 14.0. The lowest BCUT2D eigenvalue weighted by Crippen LogP contribution is -2.41. The molecular formula is C9H6Cl2N2O3S3. The van der Waals surface area contributed by atoms with Crippen LogP contribution in [-0.2, 0) is 10.0 Å². The van der Waals surface area contributed by atoms with Gasteiger partial charge in [0, 0.05) is 0 Å². The van der Waals surface area contributed by atoms with E-state index in [-0.39, 0.29) is 13.6 Å². The van der Waals surface area contributed by atoms with Crippen molar-refractivity contribution in [3.8, 4) is 0 Å². The van der Waals surface area contributed by atoms with Gasteiger partial charge in [-0.2, -0.15) is 0 Å². The third-order valence-electron chi connectivity index (χ3n) is 1.96. The SMILES string of the molecule is O=C(NNS(=O)(=O)c1cc(Cl)sc1Cl)c1cccs1. The molecule has 0 saturated carbocycles. The van der Waals surface area contributed by atoms with Gasteiger partial charge in [-0.1, -0.05) is 29.3 Å². The molecule has 0 saturated heterocycles. The van der Waals surface area contributed by atoms with E-state index in [9.17, 15) is 13.2 Å². The van der Waals surface area contributed by atoms with Crippen molar-refractivity contribution < 1.29 is 13.2 Å². The Hall–Kier alpha value is -0.640. The fraction of sp³-hybridized carbons (Fsp3) is 0. The lowest BCUT2D eigenvalue weighted by Gasteiger charge is -2.06. The molecule has 0 fully saturated rings. The molecule has 0 atom stereocenters. The molecule has 1 amide bonds. The molecule has 2 rings (SSSR count). The minimum Gasteiger partial charge on any atom is -0.273 e. The van der Waals surface area contributed by atoms with Gasteiger partial charge in [-0.05, 0) is 17.5 Å². The molecule has 19 heavy (non-hydrogen) atoms. The molecule has 0 radical (unpaired) electrons. The Morgan fingerprint density at radius 1 is 1.32 bits per heavy atom. The molecule has 0 spiro atoms. The summed E-state index contributed by atoms with van der Waals surface area (Å²) in [5.74, 6) is -0.545. The molecule has 0 aromatic carbocycles. The summed E-state index contributed by atoms with van der Waals surface area (Å²) >= 11 is 13.5. The third kappa shape index (κ3) is 3.47. The highest BCUT2D eigenvalue weighted by molar-refractivity contribution is 7.89. The molecule has 0 aliphatic carbocycles. The van der Waals surface area contributed by atoms with Gasteiger partial charge < -0.3 is 0 Å². The predicted molar refractivity (Wildman–Crippen MR) is 76.4 cm³/mol. The molecule has 2 N–H and O–H groups in total. The molecule has 0 bridgehead atoms. The van der Waals surface area contributed by atoms with Crippen LogP contribution in [-0.4, -0.2) is 14.3 Å². The molecule has 0 unspecified atom stereocenters. The van der Waals surface area contributed by atoms with Crippen LogP contribution in [0.15, 0.2) is 28.5 Å². The van der Waals surface area contributed by atoms with E-state index in [0.717, 1.165) is 11.3 Å². The quantitative estimate of drug-likeness (QED) is 0.827. The highest BCUT2D eigenvalue weighted by Gasteiger charge is 2.21. The summed E-state index contributed by atoms with van der Waals surface area (Å²) in [6.07, 6.45) is 0. The normalized spacial score (nSPS) is 11.5. The van der Waals surface area contributed by atoms with E-state index >= 15 is 0 Å². The van der Waals surface area contributed by atoms with Crippen LogP contribution in [0.2, 0.25) is 8.67 Å². The first kappa shape index (κ1) is 14.8. The van der Waals surface area contributed by atoms with Gasteiger partial charge in [-0.3, -0.25) is 10.2 Å². The number of hydrogen-bond donors (Lipinski definition) is 2. The minimum atomic E-state index is -3.94. The highest BCUT2D eigenvalue weighted by atomic mass is 35.5. The van der Waals surface area contributed by atoms with E-state index < -0.39 is 15.9 Å². The van der Waals surface area contributed by atoms with Crippen LogP contribution in [0.4, 0.5) is 0 Å². The Kier molecular flexibility index (Phi) is 4.49. The number of sulfonamides is 1. The largest absolute Gasteiger partial charge is 0.276 e. The summed E-state index contributed by atoms with van der Waals surface area (Å²) in [5, 5.41) is 1.71. The van der Waals surface area contributed by atoms with E-state index in [4.69, 9.17) is 23.2 Å². The maximum atomic E-state index is 11.9. The van der Waals surface area contributed by atoms with Gasteiger partial charge >= 0.3 is 0 Å². The molecule has 102 valence electrons. The van der Waals surface area contributed by atoms with E-state index in [1.165, 1.54) is 17.4 Å². The molecule has 0 aliphatic rings. The number of nitrogens with one attached hydrogen (secondary N) is 2. The van der Waals surface area contributed by atoms with E-state index in [0.29, 0.717) is 4.88 Å². The summed E-state index contributed by atoms with van der Waals surface area (Å²) < 4.78 is 24.0. The second-order valence-electron chi connectivity index (χ2n) is 3.23. The smallest absolute Gasteiger partial charge is 0.273 e. The standard InChI is InChI=1S/C9H6Cl2N2O3S3/c10-7-4-6(8(11)18-7)19(15,16)13-12-9(14)5-2-1-3-17-5/h1-4,13H,(H,12,14). The number of thiophene rings is 2. The number of hydrogen-bond acceptors (Lipinski definition) is 5. The molecule has 10 heteroatoms. The molecule has 5 nitrogen and oxygen atoms in total. The first-order valence-electron chi connectivity index (χ1n) is 4.70. The van der Waals surface area contributed by atoms with Crippen LogP contribution in [0.5, 0.6) is 0 Å². The van der Waals surface area contributed by atoms with Gasteiger partial charge in [0.2, 0.25) is 0 Å². The van der Waals surface area contributed by atoms with Crippen LogP contribution < -0.4 is 10.3 Å². The van der Waals surface area contributed by atoms with E-state index in [2.05, 4.69) is 5.43 Å². The van der Waals surface area contributed by atoms with Crippen LogP contribution in [0.25, 0.3) is 0 Å². The second kappa shape index (κ2) is 5.78. The van der Waals surface area contributed by atoms with Gasteiger partial charge in [0.05, 0.1) is 9.21 Å². The average molecular weight is 357 g/mol. The maximum absolute atomic E-state index is 11.9. The summed E-state index contributed by atoms with van der Waals surface area (Å²) in [6, 6.07) is 4.47. The Bertz CT molecular complexity index is 694. The third-order valence-corrected chi connectivity index (χ3v) is 5.83. The van der Waals surface area contributed by atoms with Crippen molar-refractivity contribution in [2.24, 2.45) is 0 Å². The molecule has 2 aromatic rings. The number of rotatable bonds is 4. The van der Waals surface area contributed by atoms with E-state index in [1.54, 1.807) is 17.5 Å². The summed E-state index contributed by atoms with van der Waals surface area (Å²) in [4.78, 5) is 13.8. The first-order valence-corrected chi connectivity index (χ1v) is 8.64. The molecular weight excluding hydrogens is 351 g/mol. The van der Waals surface area contributed by atoms with Gasteiger partial charge in [0.25, 0.3) is 15.9 Å². The second-order valence-corrected chi connectivity index (χ2v) is 8.11. The number of carbonyl (C=O) groups excluding carboxylic acids is 1. The van der Waals surface area contributed by atoms with Gasteiger partial charge in [-0.25, -0.2) is 8.42 Å². The zero-order valence-corrected chi connectivity index (χ0v) is 13.0. The Labute approximate surface area is 127 Å². The minimum absolute atomic E-state index is 0.0304. The number of carbonyl (C=O) groups is 1. The monoisotopic (exact) mass is 356 g/mol. The van der Waals surface area contributed by atoms with Crippen molar-refractivity contribution >= 4 is 61.8 Å². The summed E-state index contributed by atoms with van der Waals surface area (Å²) in [7, 11) is -3.94. The zero-order valence-electron chi connectivity index (χ0n) is 9.01. The van der Waals surface area contributed by atoms with Gasteiger partial charge in [0.15, 0.2) is 0 Å². The van der Waals surface area contributed by atoms with Crippen molar-refractivity contribution in [1.82, 2.24) is 10.3 Å². The topological polar surface area (TPSA) is 75.3 Å². The number of amides is 1. The van der Waals surface area contributed by atoms with Crippen molar-refractivity contribution in [3.05, 3.63) is 37.1 Å². The number of halogens is 2. The van der Waals surface area contributed by atoms with Gasteiger partial charge in [-0.15, -0.1) is 27.5 Å². The average Bonchev–Trinajstić information content (AvgIpc) is 2.96. The van der Waals surface area contributed by atoms with E-state index in [1.807, 2.05) is 4.83 Å². The Morgan fingerprint density at radius 2 is 2.05 bits per heavy atom. The lowest BCUT2D eigenvalue weighted by atomic mass is 10.5. The molecule has 2 aromatic heterocycles. The highest BCUT2D eigenvalue weighted by Crippen LogP contribution is 2.33. The Balaban J connectivity index is 2.10. The number of hydrazine groups is 1. The lowest BCUT2D eigenvalue weighted by molar-refractivity contribution is 0.0949. The van der Waals surface area contributed by atoms with Crippen LogP contribution in [0.3, 0.4) is 0 Å². The Morgan fingerprint density at radius 3 is 2.58 bits per heavy atom. The summed E-state index contributed by atoms with van der Waals surface area (Å²) in [6.45, 7) is 0. The van der Waals surface area contributed by atoms with Crippen molar-refractivity contribution in [2.45, 2.75) is 4.90 Å². The van der Waals surface area contributed by atoms with Crippen LogP contribution in [0.1, 0.15) is 9.67 Å². The maximum Gasteiger partial charge on any atom is 0.276 e. The predicted octanol–water partition coefficient (Wildman–Crippen LogP) is 2.74. The van der Waals surface area contributed by atoms with Crippen molar-refractivity contribution in [3.63, 3.8) is 0 Å². The molecule has 2 heterocycles. The van der Waals surface area contributed by atoms with Crippen molar-refractivity contribution in [1.29, 1.82) is 0 Å². The summed E-state index contributed by atoms with van der Waals surface area (Å²) in [5.41, 5.74) is 2.10.